The molecule has 0 aromatic heterocycles. The van der Waals surface area contributed by atoms with Crippen molar-refractivity contribution in [1.29, 1.82) is 0 Å². The largest absolute Gasteiger partial charge is 0.450 e. The van der Waals surface area contributed by atoms with E-state index < -0.39 is 0 Å². The smallest absolute Gasteiger partial charge is 0.410 e. The van der Waals surface area contributed by atoms with Gasteiger partial charge >= 0.3 is 6.09 Å². The lowest BCUT2D eigenvalue weighted by Gasteiger charge is -2.31. The van der Waals surface area contributed by atoms with Gasteiger partial charge in [-0.05, 0) is 37.0 Å². The van der Waals surface area contributed by atoms with Crippen LogP contribution in [0.3, 0.4) is 0 Å². The van der Waals surface area contributed by atoms with E-state index in [0.29, 0.717) is 32.2 Å². The van der Waals surface area contributed by atoms with Crippen LogP contribution in [0.1, 0.15) is 38.7 Å². The molecule has 6 heteroatoms. The third-order valence-electron chi connectivity index (χ3n) is 4.78. The lowest BCUT2D eigenvalue weighted by molar-refractivity contribution is -0.895. The van der Waals surface area contributed by atoms with Crippen LogP contribution in [0.25, 0.3) is 0 Å². The number of quaternary nitrogens is 1. The van der Waals surface area contributed by atoms with Crippen molar-refractivity contribution in [2.24, 2.45) is 0 Å². The molecule has 1 fully saturated rings. The zero-order chi connectivity index (χ0) is 18.2. The Bertz CT molecular complexity index is 566. The quantitative estimate of drug-likeness (QED) is 0.819. The minimum absolute atomic E-state index is 0.0101. The molecule has 25 heavy (non-hydrogen) atoms. The molecule has 2 rings (SSSR count). The van der Waals surface area contributed by atoms with Gasteiger partial charge in [0, 0.05) is 5.69 Å². The Kier molecular flexibility index (Phi) is 7.25. The van der Waals surface area contributed by atoms with Gasteiger partial charge in [-0.3, -0.25) is 9.69 Å². The molecular formula is C19H30N3O3+. The molecule has 0 aliphatic carbocycles. The highest BCUT2D eigenvalue weighted by molar-refractivity contribution is 5.91. The second-order valence-electron chi connectivity index (χ2n) is 6.59. The fourth-order valence-corrected chi connectivity index (χ4v) is 2.96. The lowest BCUT2D eigenvalue weighted by Crippen LogP contribution is -3.15. The Labute approximate surface area is 150 Å². The van der Waals surface area contributed by atoms with Crippen molar-refractivity contribution >= 4 is 17.7 Å². The standard InChI is InChI=1S/C19H29N3O3/c1-4-15(3)16-6-8-17(9-7-16)20-18(23)14-21-10-12-22(13-11-21)19(24)25-5-2/h6-9,15H,4-5,10-14H2,1-3H3,(H,20,23)/p+1/t15-/m1/s1. The number of hydrogen-bond acceptors (Lipinski definition) is 3. The summed E-state index contributed by atoms with van der Waals surface area (Å²) in [5.74, 6) is 0.542. The first-order valence-electron chi connectivity index (χ1n) is 9.18. The molecule has 1 heterocycles. The van der Waals surface area contributed by atoms with E-state index in [1.165, 1.54) is 10.5 Å². The number of anilines is 1. The van der Waals surface area contributed by atoms with Gasteiger partial charge in [0.2, 0.25) is 0 Å². The first-order chi connectivity index (χ1) is 12.0. The van der Waals surface area contributed by atoms with Gasteiger partial charge in [0.25, 0.3) is 5.91 Å². The van der Waals surface area contributed by atoms with E-state index in [4.69, 9.17) is 4.74 Å². The van der Waals surface area contributed by atoms with Crippen LogP contribution in [0, 0.1) is 0 Å². The summed E-state index contributed by atoms with van der Waals surface area (Å²) in [7, 11) is 0. The van der Waals surface area contributed by atoms with Crippen LogP contribution in [0.5, 0.6) is 0 Å². The number of hydrogen-bond donors (Lipinski definition) is 2. The van der Waals surface area contributed by atoms with Crippen molar-refractivity contribution in [3.8, 4) is 0 Å². The minimum Gasteiger partial charge on any atom is -0.450 e. The van der Waals surface area contributed by atoms with Crippen LogP contribution < -0.4 is 10.2 Å². The van der Waals surface area contributed by atoms with Crippen molar-refractivity contribution in [1.82, 2.24) is 4.90 Å². The van der Waals surface area contributed by atoms with Gasteiger partial charge in [0.05, 0.1) is 32.8 Å². The fourth-order valence-electron chi connectivity index (χ4n) is 2.96. The van der Waals surface area contributed by atoms with E-state index in [1.807, 2.05) is 12.1 Å². The predicted molar refractivity (Wildman–Crippen MR) is 97.9 cm³/mol. The second kappa shape index (κ2) is 9.42. The fraction of sp³-hybridized carbons (Fsp3) is 0.579. The molecule has 0 unspecified atom stereocenters. The van der Waals surface area contributed by atoms with Gasteiger partial charge in [0.15, 0.2) is 6.54 Å². The summed E-state index contributed by atoms with van der Waals surface area (Å²) in [6.07, 6.45) is 0.847. The van der Waals surface area contributed by atoms with Gasteiger partial charge in [-0.2, -0.15) is 0 Å². The van der Waals surface area contributed by atoms with Crippen molar-refractivity contribution in [2.45, 2.75) is 33.1 Å². The van der Waals surface area contributed by atoms with Crippen LogP contribution in [0.2, 0.25) is 0 Å². The van der Waals surface area contributed by atoms with Crippen molar-refractivity contribution in [3.05, 3.63) is 29.8 Å². The first kappa shape index (κ1) is 19.2. The number of nitrogens with zero attached hydrogens (tertiary/aromatic N) is 1. The molecule has 0 saturated carbocycles. The Morgan fingerprint density at radius 3 is 2.40 bits per heavy atom. The molecular weight excluding hydrogens is 318 g/mol. The van der Waals surface area contributed by atoms with E-state index in [2.05, 4.69) is 31.3 Å². The lowest BCUT2D eigenvalue weighted by atomic mass is 9.99. The number of nitrogens with one attached hydrogen (secondary N) is 2. The Morgan fingerprint density at radius 1 is 1.20 bits per heavy atom. The zero-order valence-corrected chi connectivity index (χ0v) is 15.5. The summed E-state index contributed by atoms with van der Waals surface area (Å²) in [6.45, 7) is 9.78. The number of carbonyl (C=O) groups is 2. The topological polar surface area (TPSA) is 63.1 Å². The highest BCUT2D eigenvalue weighted by atomic mass is 16.6. The molecule has 0 spiro atoms. The minimum atomic E-state index is -0.257. The van der Waals surface area contributed by atoms with Gasteiger partial charge in [-0.1, -0.05) is 26.0 Å². The molecule has 1 aromatic rings. The third kappa shape index (κ3) is 5.74. The van der Waals surface area contributed by atoms with Crippen molar-refractivity contribution in [3.63, 3.8) is 0 Å². The van der Waals surface area contributed by atoms with Crippen LogP contribution in [0.15, 0.2) is 24.3 Å². The molecule has 1 aromatic carbocycles. The SMILES string of the molecule is CCOC(=O)N1CC[NH+](CC(=O)Nc2ccc([C@H](C)CC)cc2)CC1. The summed E-state index contributed by atoms with van der Waals surface area (Å²) >= 11 is 0. The second-order valence-corrected chi connectivity index (χ2v) is 6.59. The highest BCUT2D eigenvalue weighted by Crippen LogP contribution is 2.20. The van der Waals surface area contributed by atoms with Crippen molar-refractivity contribution < 1.29 is 19.2 Å². The maximum Gasteiger partial charge on any atom is 0.410 e. The average Bonchev–Trinajstić information content (AvgIpc) is 2.62. The zero-order valence-electron chi connectivity index (χ0n) is 15.5. The molecule has 1 aliphatic rings. The molecule has 1 aliphatic heterocycles. The molecule has 0 radical (unpaired) electrons. The molecule has 138 valence electrons. The Morgan fingerprint density at radius 2 is 1.84 bits per heavy atom. The van der Waals surface area contributed by atoms with Crippen molar-refractivity contribution in [2.75, 3.05) is 44.6 Å². The third-order valence-corrected chi connectivity index (χ3v) is 4.78. The van der Waals surface area contributed by atoms with Gasteiger partial charge in [0.1, 0.15) is 0 Å². The van der Waals surface area contributed by atoms with E-state index in [9.17, 15) is 9.59 Å². The molecule has 2 amide bonds. The number of amides is 2. The summed E-state index contributed by atoms with van der Waals surface area (Å²) in [5.41, 5.74) is 2.13. The molecule has 1 atom stereocenters. The van der Waals surface area contributed by atoms with Crippen LogP contribution in [0.4, 0.5) is 10.5 Å². The Balaban J connectivity index is 1.76. The summed E-state index contributed by atoms with van der Waals surface area (Å²) in [6, 6.07) is 8.09. The summed E-state index contributed by atoms with van der Waals surface area (Å²) < 4.78 is 5.01. The van der Waals surface area contributed by atoms with Gasteiger partial charge < -0.3 is 15.0 Å². The number of benzene rings is 1. The first-order valence-corrected chi connectivity index (χ1v) is 9.18. The summed E-state index contributed by atoms with van der Waals surface area (Å²) in [4.78, 5) is 26.8. The number of piperazine rings is 1. The predicted octanol–water partition coefficient (Wildman–Crippen LogP) is 1.50. The van der Waals surface area contributed by atoms with E-state index >= 15 is 0 Å². The normalized spacial score (nSPS) is 16.4. The maximum absolute atomic E-state index is 12.2. The molecule has 0 bridgehead atoms. The van der Waals surface area contributed by atoms with E-state index in [1.54, 1.807) is 11.8 Å². The van der Waals surface area contributed by atoms with Crippen LogP contribution in [-0.4, -0.2) is 56.2 Å². The van der Waals surface area contributed by atoms with Crippen LogP contribution in [-0.2, 0) is 9.53 Å². The van der Waals surface area contributed by atoms with Gasteiger partial charge in [-0.15, -0.1) is 0 Å². The number of ether oxygens (including phenoxy) is 1. The number of rotatable bonds is 6. The average molecular weight is 348 g/mol. The van der Waals surface area contributed by atoms with Gasteiger partial charge in [-0.25, -0.2) is 4.79 Å². The monoisotopic (exact) mass is 348 g/mol. The van der Waals surface area contributed by atoms with Crippen LogP contribution >= 0.6 is 0 Å². The highest BCUT2D eigenvalue weighted by Gasteiger charge is 2.25. The van der Waals surface area contributed by atoms with E-state index in [-0.39, 0.29) is 12.0 Å². The van der Waals surface area contributed by atoms with E-state index in [0.717, 1.165) is 25.2 Å². The summed E-state index contributed by atoms with van der Waals surface area (Å²) in [5, 5.41) is 2.96. The molecule has 1 saturated heterocycles. The Hall–Kier alpha value is -2.08. The number of carbonyl (C=O) groups excluding carboxylic acids is 2. The molecule has 2 N–H and O–H groups in total. The molecule has 6 nitrogen and oxygen atoms in total. The maximum atomic E-state index is 12.2.